The highest BCUT2D eigenvalue weighted by Crippen LogP contribution is 1.99. The van der Waals surface area contributed by atoms with Crippen LogP contribution in [0.3, 0.4) is 0 Å². The lowest BCUT2D eigenvalue weighted by atomic mass is 10.4. The summed E-state index contributed by atoms with van der Waals surface area (Å²) in [6.45, 7) is 0. The van der Waals surface area contributed by atoms with E-state index in [0.29, 0.717) is 16.4 Å². The van der Waals surface area contributed by atoms with Crippen molar-refractivity contribution in [3.8, 4) is 0 Å². The van der Waals surface area contributed by atoms with E-state index in [1.165, 1.54) is 6.33 Å². The molecule has 0 spiro atoms. The average molecular weight is 173 g/mol. The quantitative estimate of drug-likeness (QED) is 0.573. The molecule has 0 radical (unpaired) electrons. The molecule has 2 amide bonds. The highest BCUT2D eigenvalue weighted by atomic mass is 16.2. The molecular weight excluding hydrogens is 170 g/mol. The average Bonchev–Trinajstić information content (AvgIpc) is 2.65. The van der Waals surface area contributed by atoms with Crippen LogP contribution < -0.4 is 10.8 Å². The van der Waals surface area contributed by atoms with Crippen LogP contribution in [-0.4, -0.2) is 21.0 Å². The lowest BCUT2D eigenvalue weighted by molar-refractivity contribution is 0.256. The van der Waals surface area contributed by atoms with E-state index < -0.39 is 6.03 Å². The maximum Gasteiger partial charge on any atom is 0.369 e. The van der Waals surface area contributed by atoms with E-state index >= 15 is 0 Å². The standard InChI is InChI=1S/C7H3N5O/c13-7-11-5-4-3(9-2-10-4)1-8-6(5)12-7/h1-2H,(H,9,10). The van der Waals surface area contributed by atoms with Crippen molar-refractivity contribution < 1.29 is 4.79 Å². The summed E-state index contributed by atoms with van der Waals surface area (Å²) in [5, 5.41) is 0.462. The Morgan fingerprint density at radius 1 is 1.23 bits per heavy atom. The molecule has 0 bridgehead atoms. The van der Waals surface area contributed by atoms with Gasteiger partial charge in [-0.3, -0.25) is 0 Å². The van der Waals surface area contributed by atoms with Gasteiger partial charge in [-0.25, -0.2) is 14.8 Å². The van der Waals surface area contributed by atoms with E-state index in [9.17, 15) is 4.79 Å². The zero-order valence-corrected chi connectivity index (χ0v) is 6.35. The predicted molar refractivity (Wildman–Crippen MR) is 41.6 cm³/mol. The fraction of sp³-hybridized carbons (Fsp3) is 0. The monoisotopic (exact) mass is 173 g/mol. The number of fused-ring (bicyclic) bond motifs is 3. The van der Waals surface area contributed by atoms with Crippen LogP contribution in [0.2, 0.25) is 0 Å². The number of nitrogens with zero attached hydrogens (tertiary/aromatic N) is 4. The molecule has 2 aromatic heterocycles. The molecule has 6 nitrogen and oxygen atoms in total. The highest BCUT2D eigenvalue weighted by Gasteiger charge is 2.10. The smallest absolute Gasteiger partial charge is 0.343 e. The number of aromatic nitrogens is 3. The number of hydrogen-bond acceptors (Lipinski definition) is 3. The van der Waals surface area contributed by atoms with Crippen LogP contribution in [0.15, 0.2) is 22.5 Å². The van der Waals surface area contributed by atoms with E-state index in [2.05, 4.69) is 24.9 Å². The number of carbonyl (C=O) groups is 1. The normalized spacial score (nSPS) is 14.0. The van der Waals surface area contributed by atoms with Crippen LogP contribution >= 0.6 is 0 Å². The molecule has 0 fully saturated rings. The molecule has 0 atom stereocenters. The summed E-state index contributed by atoms with van der Waals surface area (Å²) in [5.41, 5.74) is 1.75. The molecular formula is C7H3N5O. The lowest BCUT2D eigenvalue weighted by Crippen LogP contribution is -2.25. The number of H-pyrrole nitrogens is 1. The molecule has 0 saturated carbocycles. The number of rotatable bonds is 0. The van der Waals surface area contributed by atoms with Crippen LogP contribution in [0.1, 0.15) is 0 Å². The van der Waals surface area contributed by atoms with E-state index in [1.54, 1.807) is 6.20 Å². The van der Waals surface area contributed by atoms with Gasteiger partial charge in [0.15, 0.2) is 5.49 Å². The van der Waals surface area contributed by atoms with Gasteiger partial charge in [-0.05, 0) is 0 Å². The molecule has 1 aliphatic rings. The second-order valence-electron chi connectivity index (χ2n) is 2.60. The summed E-state index contributed by atoms with van der Waals surface area (Å²) >= 11 is 0. The summed E-state index contributed by atoms with van der Waals surface area (Å²) in [6.07, 6.45) is 3.11. The van der Waals surface area contributed by atoms with Crippen LogP contribution in [0, 0.1) is 0 Å². The lowest BCUT2D eigenvalue weighted by Gasteiger charge is -1.83. The summed E-state index contributed by atoms with van der Waals surface area (Å²) in [4.78, 5) is 29.0. The SMILES string of the molecule is O=C1N=c2ncc3[nH]cnc3c2=N1. The number of imidazole rings is 1. The fourth-order valence-electron chi connectivity index (χ4n) is 1.28. The molecule has 0 aromatic carbocycles. The van der Waals surface area contributed by atoms with Crippen molar-refractivity contribution in [2.75, 3.05) is 0 Å². The number of aromatic amines is 1. The van der Waals surface area contributed by atoms with Crippen LogP contribution in [0.4, 0.5) is 4.79 Å². The van der Waals surface area contributed by atoms with Crippen molar-refractivity contribution in [2.24, 2.45) is 9.98 Å². The van der Waals surface area contributed by atoms with Crippen LogP contribution in [0.5, 0.6) is 0 Å². The van der Waals surface area contributed by atoms with Crippen LogP contribution in [-0.2, 0) is 0 Å². The van der Waals surface area contributed by atoms with Gasteiger partial charge >= 0.3 is 6.03 Å². The Balaban J connectivity index is 2.69. The van der Waals surface area contributed by atoms with Crippen molar-refractivity contribution in [1.82, 2.24) is 15.0 Å². The van der Waals surface area contributed by atoms with Crippen molar-refractivity contribution in [3.05, 3.63) is 23.4 Å². The first-order chi connectivity index (χ1) is 6.34. The second-order valence-corrected chi connectivity index (χ2v) is 2.60. The maximum atomic E-state index is 10.9. The molecule has 3 rings (SSSR count). The van der Waals surface area contributed by atoms with Gasteiger partial charge in [0, 0.05) is 0 Å². The van der Waals surface area contributed by atoms with Crippen molar-refractivity contribution in [2.45, 2.75) is 0 Å². The number of carbonyl (C=O) groups excluding carboxylic acids is 1. The molecule has 0 unspecified atom stereocenters. The Hall–Kier alpha value is -2.11. The topological polar surface area (TPSA) is 83.4 Å². The van der Waals surface area contributed by atoms with Gasteiger partial charge in [0.2, 0.25) is 0 Å². The van der Waals surface area contributed by atoms with E-state index in [1.807, 2.05) is 0 Å². The third-order valence-corrected chi connectivity index (χ3v) is 1.83. The van der Waals surface area contributed by atoms with Gasteiger partial charge in [0.25, 0.3) is 0 Å². The summed E-state index contributed by atoms with van der Waals surface area (Å²) in [5.74, 6) is 0. The first-order valence-electron chi connectivity index (χ1n) is 3.64. The van der Waals surface area contributed by atoms with Gasteiger partial charge in [0.05, 0.1) is 18.0 Å². The molecule has 13 heavy (non-hydrogen) atoms. The number of urea groups is 1. The molecule has 2 aromatic rings. The van der Waals surface area contributed by atoms with Crippen molar-refractivity contribution >= 4 is 17.1 Å². The fourth-order valence-corrected chi connectivity index (χ4v) is 1.28. The Morgan fingerprint density at radius 3 is 3.08 bits per heavy atom. The van der Waals surface area contributed by atoms with Crippen molar-refractivity contribution in [1.29, 1.82) is 0 Å². The van der Waals surface area contributed by atoms with Gasteiger partial charge in [-0.2, -0.15) is 9.98 Å². The molecule has 3 heterocycles. The van der Waals surface area contributed by atoms with E-state index in [0.717, 1.165) is 5.52 Å². The second kappa shape index (κ2) is 1.98. The Kier molecular flexibility index (Phi) is 0.974. The van der Waals surface area contributed by atoms with E-state index in [4.69, 9.17) is 0 Å². The van der Waals surface area contributed by atoms with Gasteiger partial charge < -0.3 is 4.98 Å². The van der Waals surface area contributed by atoms with Crippen molar-refractivity contribution in [3.63, 3.8) is 0 Å². The van der Waals surface area contributed by atoms with E-state index in [-0.39, 0.29) is 0 Å². The Bertz CT molecular complexity index is 626. The molecule has 62 valence electrons. The number of pyridine rings is 1. The number of nitrogens with one attached hydrogen (secondary N) is 1. The summed E-state index contributed by atoms with van der Waals surface area (Å²) in [7, 11) is 0. The predicted octanol–water partition coefficient (Wildman–Crippen LogP) is -0.669. The Morgan fingerprint density at radius 2 is 2.15 bits per heavy atom. The Labute approximate surface area is 71.1 Å². The molecule has 1 N–H and O–H groups in total. The molecule has 1 aliphatic heterocycles. The van der Waals surface area contributed by atoms with Gasteiger partial charge in [-0.15, -0.1) is 0 Å². The largest absolute Gasteiger partial charge is 0.369 e. The minimum Gasteiger partial charge on any atom is -0.343 e. The van der Waals surface area contributed by atoms with Gasteiger partial charge in [0.1, 0.15) is 10.9 Å². The number of amides is 2. The first kappa shape index (κ1) is 6.41. The number of hydrogen-bond donors (Lipinski definition) is 1. The maximum absolute atomic E-state index is 10.9. The zero-order chi connectivity index (χ0) is 8.84. The molecule has 0 aliphatic carbocycles. The molecule has 6 heteroatoms. The zero-order valence-electron chi connectivity index (χ0n) is 6.35. The first-order valence-corrected chi connectivity index (χ1v) is 3.64. The molecule has 0 saturated heterocycles. The van der Waals surface area contributed by atoms with Gasteiger partial charge in [-0.1, -0.05) is 0 Å². The summed E-state index contributed by atoms with van der Waals surface area (Å²) < 4.78 is 0. The third-order valence-electron chi connectivity index (χ3n) is 1.83. The van der Waals surface area contributed by atoms with Crippen LogP contribution in [0.25, 0.3) is 11.0 Å². The summed E-state index contributed by atoms with van der Waals surface area (Å²) in [6, 6.07) is -0.516. The highest BCUT2D eigenvalue weighted by molar-refractivity contribution is 5.81. The minimum atomic E-state index is -0.516. The minimum absolute atomic E-state index is 0.351. The third kappa shape index (κ3) is 0.738.